The molecule has 0 radical (unpaired) electrons. The topological polar surface area (TPSA) is 68.5 Å². The molecule has 6 nitrogen and oxygen atoms in total. The van der Waals surface area contributed by atoms with E-state index in [0.717, 1.165) is 47.0 Å². The van der Waals surface area contributed by atoms with E-state index in [4.69, 9.17) is 9.15 Å². The Morgan fingerprint density at radius 2 is 2.21 bits per heavy atom. The Bertz CT molecular complexity index is 965. The highest BCUT2D eigenvalue weighted by atomic mass is 32.1. The van der Waals surface area contributed by atoms with Gasteiger partial charge < -0.3 is 14.1 Å². The molecule has 1 aliphatic rings. The average Bonchev–Trinajstić information content (AvgIpc) is 3.37. The number of benzene rings is 1. The predicted octanol–water partition coefficient (Wildman–Crippen LogP) is 4.06. The first-order valence-electron chi connectivity index (χ1n) is 9.41. The van der Waals surface area contributed by atoms with Gasteiger partial charge in [0.15, 0.2) is 5.89 Å². The van der Waals surface area contributed by atoms with E-state index >= 15 is 0 Å². The van der Waals surface area contributed by atoms with Crippen LogP contribution in [-0.4, -0.2) is 41.0 Å². The Morgan fingerprint density at radius 3 is 3.00 bits per heavy atom. The highest BCUT2D eigenvalue weighted by Gasteiger charge is 2.29. The molecule has 2 aromatic heterocycles. The average molecular weight is 398 g/mol. The minimum absolute atomic E-state index is 0.0606. The van der Waals surface area contributed by atoms with E-state index in [9.17, 15) is 4.79 Å². The second kappa shape index (κ2) is 8.14. The molecule has 1 fully saturated rings. The van der Waals surface area contributed by atoms with Crippen LogP contribution < -0.4 is 4.74 Å². The van der Waals surface area contributed by atoms with Gasteiger partial charge in [-0.3, -0.25) is 4.79 Å². The summed E-state index contributed by atoms with van der Waals surface area (Å²) in [6.45, 7) is 3.27. The lowest BCUT2D eigenvalue weighted by molar-refractivity contribution is 0.0702. The van der Waals surface area contributed by atoms with Gasteiger partial charge >= 0.3 is 0 Å². The summed E-state index contributed by atoms with van der Waals surface area (Å²) in [6, 6.07) is 7.91. The molecule has 1 amide bonds. The number of para-hydroxylation sites is 1. The molecule has 1 unspecified atom stereocenters. The summed E-state index contributed by atoms with van der Waals surface area (Å²) in [5.74, 6) is 2.54. The number of rotatable bonds is 5. The molecule has 4 rings (SSSR count). The largest absolute Gasteiger partial charge is 0.496 e. The number of likely N-dealkylation sites (tertiary alicyclic amines) is 1. The molecular formula is C21H23N3O3S. The number of piperidine rings is 1. The number of nitrogens with zero attached hydrogens (tertiary/aromatic N) is 3. The fourth-order valence-corrected chi connectivity index (χ4v) is 4.41. The SMILES string of the molecule is COc1ccccc1Cc1cnc(C2CCCN(C(=O)c3scnc3C)C2)o1. The lowest BCUT2D eigenvalue weighted by Gasteiger charge is -2.31. The molecule has 3 heterocycles. The van der Waals surface area contributed by atoms with E-state index < -0.39 is 0 Å². The quantitative estimate of drug-likeness (QED) is 0.649. The molecular weight excluding hydrogens is 374 g/mol. The highest BCUT2D eigenvalue weighted by Crippen LogP contribution is 2.29. The van der Waals surface area contributed by atoms with Crippen LogP contribution in [0.15, 0.2) is 40.4 Å². The number of methoxy groups -OCH3 is 1. The molecule has 1 aromatic carbocycles. The first kappa shape index (κ1) is 18.7. The number of carbonyl (C=O) groups excluding carboxylic acids is 1. The van der Waals surface area contributed by atoms with Crippen molar-refractivity contribution < 1.29 is 13.9 Å². The van der Waals surface area contributed by atoms with Crippen molar-refractivity contribution in [1.82, 2.24) is 14.9 Å². The Balaban J connectivity index is 1.46. The molecule has 1 saturated heterocycles. The molecule has 1 atom stereocenters. The van der Waals surface area contributed by atoms with Gasteiger partial charge in [0, 0.05) is 25.1 Å². The maximum Gasteiger partial charge on any atom is 0.265 e. The van der Waals surface area contributed by atoms with E-state index in [1.807, 2.05) is 36.1 Å². The van der Waals surface area contributed by atoms with Crippen molar-refractivity contribution in [1.29, 1.82) is 0 Å². The van der Waals surface area contributed by atoms with Crippen molar-refractivity contribution in [2.24, 2.45) is 0 Å². The highest BCUT2D eigenvalue weighted by molar-refractivity contribution is 7.11. The third kappa shape index (κ3) is 3.80. The second-order valence-corrected chi connectivity index (χ2v) is 7.87. The Kier molecular flexibility index (Phi) is 5.43. The smallest absolute Gasteiger partial charge is 0.265 e. The van der Waals surface area contributed by atoms with E-state index in [2.05, 4.69) is 9.97 Å². The standard InChI is InChI=1S/C21H23N3O3S/c1-14-19(28-13-23-14)21(25)24-9-5-7-16(12-24)20-22-11-17(27-20)10-15-6-3-4-8-18(15)26-2/h3-4,6,8,11,13,16H,5,7,9-10,12H2,1-2H3. The van der Waals surface area contributed by atoms with Gasteiger partial charge in [0.2, 0.25) is 0 Å². The number of thiazole rings is 1. The number of aromatic nitrogens is 2. The van der Waals surface area contributed by atoms with Gasteiger partial charge in [-0.25, -0.2) is 9.97 Å². The third-order valence-corrected chi connectivity index (χ3v) is 6.04. The van der Waals surface area contributed by atoms with Crippen LogP contribution in [0, 0.1) is 6.92 Å². The van der Waals surface area contributed by atoms with Gasteiger partial charge in [0.05, 0.1) is 30.4 Å². The number of carbonyl (C=O) groups is 1. The van der Waals surface area contributed by atoms with Gasteiger partial charge in [-0.15, -0.1) is 11.3 Å². The number of amides is 1. The van der Waals surface area contributed by atoms with Crippen molar-refractivity contribution in [2.75, 3.05) is 20.2 Å². The van der Waals surface area contributed by atoms with Crippen molar-refractivity contribution in [3.63, 3.8) is 0 Å². The molecule has 0 saturated carbocycles. The van der Waals surface area contributed by atoms with Gasteiger partial charge in [-0.1, -0.05) is 18.2 Å². The van der Waals surface area contributed by atoms with E-state index in [-0.39, 0.29) is 11.8 Å². The van der Waals surface area contributed by atoms with Crippen LogP contribution in [0.2, 0.25) is 0 Å². The predicted molar refractivity (Wildman–Crippen MR) is 107 cm³/mol. The molecule has 1 aliphatic heterocycles. The zero-order valence-electron chi connectivity index (χ0n) is 16.1. The Morgan fingerprint density at radius 1 is 1.36 bits per heavy atom. The Labute approximate surface area is 168 Å². The summed E-state index contributed by atoms with van der Waals surface area (Å²) in [5.41, 5.74) is 3.59. The van der Waals surface area contributed by atoms with Gasteiger partial charge in [0.1, 0.15) is 16.4 Å². The monoisotopic (exact) mass is 397 g/mol. The summed E-state index contributed by atoms with van der Waals surface area (Å²) in [5, 5.41) is 0. The molecule has 28 heavy (non-hydrogen) atoms. The molecule has 0 spiro atoms. The summed E-state index contributed by atoms with van der Waals surface area (Å²) in [4.78, 5) is 24.1. The van der Waals surface area contributed by atoms with Crippen molar-refractivity contribution in [3.8, 4) is 5.75 Å². The zero-order chi connectivity index (χ0) is 19.5. The van der Waals surface area contributed by atoms with Gasteiger partial charge in [0.25, 0.3) is 5.91 Å². The van der Waals surface area contributed by atoms with Gasteiger partial charge in [-0.2, -0.15) is 0 Å². The lowest BCUT2D eigenvalue weighted by Crippen LogP contribution is -2.39. The van der Waals surface area contributed by atoms with E-state index in [1.165, 1.54) is 11.3 Å². The summed E-state index contributed by atoms with van der Waals surface area (Å²) in [6.07, 6.45) is 4.33. The molecule has 0 aliphatic carbocycles. The number of hydrogen-bond donors (Lipinski definition) is 0. The third-order valence-electron chi connectivity index (χ3n) is 5.13. The van der Waals surface area contributed by atoms with Gasteiger partial charge in [-0.05, 0) is 25.8 Å². The molecule has 0 N–H and O–H groups in total. The maximum absolute atomic E-state index is 12.8. The fourth-order valence-electron chi connectivity index (χ4n) is 3.64. The minimum Gasteiger partial charge on any atom is -0.496 e. The van der Waals surface area contributed by atoms with Crippen molar-refractivity contribution in [3.05, 3.63) is 63.8 Å². The summed E-state index contributed by atoms with van der Waals surface area (Å²) >= 11 is 1.40. The Hall–Kier alpha value is -2.67. The minimum atomic E-state index is 0.0606. The molecule has 3 aromatic rings. The second-order valence-electron chi connectivity index (χ2n) is 7.01. The van der Waals surface area contributed by atoms with Crippen LogP contribution in [-0.2, 0) is 6.42 Å². The van der Waals surface area contributed by atoms with Crippen LogP contribution in [0.5, 0.6) is 5.75 Å². The van der Waals surface area contributed by atoms with Crippen molar-refractivity contribution >= 4 is 17.2 Å². The normalized spacial score (nSPS) is 16.9. The van der Waals surface area contributed by atoms with Crippen LogP contribution in [0.3, 0.4) is 0 Å². The van der Waals surface area contributed by atoms with Crippen LogP contribution >= 0.6 is 11.3 Å². The molecule has 7 heteroatoms. The first-order chi connectivity index (χ1) is 13.7. The number of ether oxygens (including phenoxy) is 1. The molecule has 0 bridgehead atoms. The maximum atomic E-state index is 12.8. The number of oxazole rings is 1. The number of aryl methyl sites for hydroxylation is 1. The van der Waals surface area contributed by atoms with E-state index in [0.29, 0.717) is 18.9 Å². The van der Waals surface area contributed by atoms with Crippen molar-refractivity contribution in [2.45, 2.75) is 32.1 Å². The first-order valence-corrected chi connectivity index (χ1v) is 10.3. The van der Waals surface area contributed by atoms with Crippen LogP contribution in [0.1, 0.15) is 51.3 Å². The molecule has 146 valence electrons. The van der Waals surface area contributed by atoms with Crippen LogP contribution in [0.25, 0.3) is 0 Å². The number of hydrogen-bond acceptors (Lipinski definition) is 6. The van der Waals surface area contributed by atoms with Crippen LogP contribution in [0.4, 0.5) is 0 Å². The zero-order valence-corrected chi connectivity index (χ0v) is 16.9. The lowest BCUT2D eigenvalue weighted by atomic mass is 9.98. The van der Waals surface area contributed by atoms with E-state index in [1.54, 1.807) is 18.8 Å². The summed E-state index contributed by atoms with van der Waals surface area (Å²) < 4.78 is 11.5. The summed E-state index contributed by atoms with van der Waals surface area (Å²) in [7, 11) is 1.67. The fraction of sp³-hybridized carbons (Fsp3) is 0.381.